The van der Waals surface area contributed by atoms with Crippen LogP contribution in [0.3, 0.4) is 0 Å². The first kappa shape index (κ1) is 25.3. The molecule has 0 bridgehead atoms. The Balaban J connectivity index is 1.35. The van der Waals surface area contributed by atoms with E-state index in [0.29, 0.717) is 29.5 Å². The molecule has 0 aliphatic rings. The van der Waals surface area contributed by atoms with Gasteiger partial charge >= 0.3 is 5.97 Å². The number of rotatable bonds is 8. The van der Waals surface area contributed by atoms with Crippen molar-refractivity contribution < 1.29 is 17.9 Å². The van der Waals surface area contributed by atoms with Crippen molar-refractivity contribution in [1.29, 1.82) is 0 Å². The molecule has 0 amide bonds. The van der Waals surface area contributed by atoms with Crippen molar-refractivity contribution in [2.45, 2.75) is 6.92 Å². The number of hydrogen-bond donors (Lipinski definition) is 2. The second kappa shape index (κ2) is 10.6. The van der Waals surface area contributed by atoms with Gasteiger partial charge in [-0.05, 0) is 48.9 Å². The lowest BCUT2D eigenvalue weighted by atomic mass is 10.1. The van der Waals surface area contributed by atoms with Gasteiger partial charge < -0.3 is 10.1 Å². The van der Waals surface area contributed by atoms with E-state index in [0.717, 1.165) is 38.9 Å². The normalized spacial score (nSPS) is 11.3. The molecule has 0 fully saturated rings. The van der Waals surface area contributed by atoms with Crippen molar-refractivity contribution in [2.24, 2.45) is 0 Å². The Labute approximate surface area is 223 Å². The lowest BCUT2D eigenvalue weighted by Gasteiger charge is -2.08. The molecule has 3 aromatic heterocycles. The summed E-state index contributed by atoms with van der Waals surface area (Å²) < 4.78 is 31.7. The molecule has 5 aromatic rings. The van der Waals surface area contributed by atoms with Gasteiger partial charge in [-0.25, -0.2) is 23.2 Å². The van der Waals surface area contributed by atoms with E-state index in [4.69, 9.17) is 9.72 Å². The van der Waals surface area contributed by atoms with Gasteiger partial charge in [-0.1, -0.05) is 24.3 Å². The first-order valence-electron chi connectivity index (χ1n) is 11.6. The van der Waals surface area contributed by atoms with E-state index < -0.39 is 10.0 Å². The molecular formula is C27H23N5O4S2. The predicted molar refractivity (Wildman–Crippen MR) is 150 cm³/mol. The average Bonchev–Trinajstić information content (AvgIpc) is 3.32. The highest BCUT2D eigenvalue weighted by molar-refractivity contribution is 7.92. The third-order valence-corrected chi connectivity index (χ3v) is 7.02. The number of carbonyl (C=O) groups is 1. The molecule has 192 valence electrons. The molecule has 0 unspecified atom stereocenters. The van der Waals surface area contributed by atoms with Crippen molar-refractivity contribution in [2.75, 3.05) is 22.9 Å². The van der Waals surface area contributed by atoms with E-state index in [1.165, 1.54) is 11.3 Å². The molecular weight excluding hydrogens is 522 g/mol. The van der Waals surface area contributed by atoms with Gasteiger partial charge in [-0.2, -0.15) is 0 Å². The van der Waals surface area contributed by atoms with E-state index in [9.17, 15) is 13.2 Å². The van der Waals surface area contributed by atoms with Crippen molar-refractivity contribution in [3.8, 4) is 22.4 Å². The van der Waals surface area contributed by atoms with Gasteiger partial charge in [-0.3, -0.25) is 9.71 Å². The maximum atomic E-state index is 11.9. The number of nitrogens with one attached hydrogen (secondary N) is 2. The smallest absolute Gasteiger partial charge is 0.338 e. The molecule has 0 radical (unpaired) electrons. The summed E-state index contributed by atoms with van der Waals surface area (Å²) >= 11 is 1.51. The molecule has 0 aliphatic heterocycles. The van der Waals surface area contributed by atoms with Crippen LogP contribution in [0.2, 0.25) is 0 Å². The summed E-state index contributed by atoms with van der Waals surface area (Å²) in [6.45, 7) is 2.10. The van der Waals surface area contributed by atoms with Crippen molar-refractivity contribution in [3.05, 3.63) is 84.0 Å². The predicted octanol–water partition coefficient (Wildman–Crippen LogP) is 5.71. The van der Waals surface area contributed by atoms with Crippen LogP contribution in [0.25, 0.3) is 32.6 Å². The number of thiophene rings is 1. The van der Waals surface area contributed by atoms with Crippen molar-refractivity contribution >= 4 is 54.9 Å². The Morgan fingerprint density at radius 2 is 1.79 bits per heavy atom. The Kier molecular flexibility index (Phi) is 7.03. The van der Waals surface area contributed by atoms with Crippen molar-refractivity contribution in [3.63, 3.8) is 0 Å². The van der Waals surface area contributed by atoms with Crippen LogP contribution in [-0.4, -0.2) is 42.2 Å². The second-order valence-corrected chi connectivity index (χ2v) is 11.0. The second-order valence-electron chi connectivity index (χ2n) is 8.37. The first-order valence-corrected chi connectivity index (χ1v) is 14.4. The zero-order chi connectivity index (χ0) is 26.7. The maximum absolute atomic E-state index is 11.9. The van der Waals surface area contributed by atoms with Gasteiger partial charge in [0.2, 0.25) is 16.0 Å². The molecule has 0 aliphatic carbocycles. The Morgan fingerprint density at radius 3 is 2.50 bits per heavy atom. The molecule has 0 spiro atoms. The summed E-state index contributed by atoms with van der Waals surface area (Å²) in [4.78, 5) is 25.5. The molecule has 2 aromatic carbocycles. The maximum Gasteiger partial charge on any atom is 0.338 e. The zero-order valence-electron chi connectivity index (χ0n) is 20.5. The van der Waals surface area contributed by atoms with Gasteiger partial charge in [0.15, 0.2) is 0 Å². The summed E-state index contributed by atoms with van der Waals surface area (Å²) in [5.41, 5.74) is 5.80. The first-order chi connectivity index (χ1) is 18.3. The lowest BCUT2D eigenvalue weighted by Crippen LogP contribution is -2.09. The number of nitrogens with zero attached hydrogens (tertiary/aromatic N) is 3. The summed E-state index contributed by atoms with van der Waals surface area (Å²) in [5, 5.41) is 5.17. The fourth-order valence-electron chi connectivity index (χ4n) is 3.82. The van der Waals surface area contributed by atoms with Gasteiger partial charge in [0, 0.05) is 22.2 Å². The van der Waals surface area contributed by atoms with E-state index in [1.54, 1.807) is 49.6 Å². The van der Waals surface area contributed by atoms with E-state index in [1.807, 2.05) is 35.7 Å². The number of fused-ring (bicyclic) bond motifs is 1. The van der Waals surface area contributed by atoms with Crippen LogP contribution >= 0.6 is 11.3 Å². The third-order valence-electron chi connectivity index (χ3n) is 5.50. The van der Waals surface area contributed by atoms with Crippen LogP contribution in [0.5, 0.6) is 0 Å². The van der Waals surface area contributed by atoms with Gasteiger partial charge in [0.05, 0.1) is 52.4 Å². The number of anilines is 3. The monoisotopic (exact) mass is 545 g/mol. The van der Waals surface area contributed by atoms with Gasteiger partial charge in [0.25, 0.3) is 0 Å². The number of sulfonamides is 1. The molecule has 38 heavy (non-hydrogen) atoms. The van der Waals surface area contributed by atoms with E-state index in [-0.39, 0.29) is 5.97 Å². The average molecular weight is 546 g/mol. The highest BCUT2D eigenvalue weighted by Crippen LogP contribution is 2.34. The third kappa shape index (κ3) is 5.79. The molecule has 5 rings (SSSR count). The number of pyridine rings is 1. The van der Waals surface area contributed by atoms with Crippen LogP contribution < -0.4 is 10.0 Å². The highest BCUT2D eigenvalue weighted by atomic mass is 32.2. The number of hydrogen-bond acceptors (Lipinski definition) is 9. The fourth-order valence-corrected chi connectivity index (χ4v) is 5.25. The van der Waals surface area contributed by atoms with Crippen LogP contribution in [0.15, 0.2) is 78.4 Å². The molecule has 0 saturated heterocycles. The largest absolute Gasteiger partial charge is 0.462 e. The zero-order valence-corrected chi connectivity index (χ0v) is 22.1. The summed E-state index contributed by atoms with van der Waals surface area (Å²) in [6.07, 6.45) is 4.56. The Hall–Kier alpha value is -4.35. The van der Waals surface area contributed by atoms with Crippen molar-refractivity contribution in [1.82, 2.24) is 15.0 Å². The molecule has 2 N–H and O–H groups in total. The van der Waals surface area contributed by atoms with Crippen LogP contribution in [-0.2, 0) is 14.8 Å². The van der Waals surface area contributed by atoms with Crippen LogP contribution in [0, 0.1) is 0 Å². The highest BCUT2D eigenvalue weighted by Gasteiger charge is 2.12. The molecule has 0 saturated carbocycles. The topological polar surface area (TPSA) is 123 Å². The molecule has 3 heterocycles. The summed E-state index contributed by atoms with van der Waals surface area (Å²) in [7, 11) is -3.38. The lowest BCUT2D eigenvalue weighted by molar-refractivity contribution is 0.0526. The number of ether oxygens (including phenoxy) is 1. The number of esters is 1. The van der Waals surface area contributed by atoms with Crippen LogP contribution in [0.4, 0.5) is 17.3 Å². The minimum absolute atomic E-state index is 0.330. The summed E-state index contributed by atoms with van der Waals surface area (Å²) in [6, 6.07) is 18.0. The fraction of sp³-hybridized carbons (Fsp3) is 0.111. The Bertz CT molecular complexity index is 1720. The minimum Gasteiger partial charge on any atom is -0.462 e. The quantitative estimate of drug-likeness (QED) is 0.238. The van der Waals surface area contributed by atoms with Crippen LogP contribution in [0.1, 0.15) is 17.3 Å². The molecule has 0 atom stereocenters. The number of carbonyl (C=O) groups excluding carboxylic acids is 1. The molecule has 9 nitrogen and oxygen atoms in total. The number of aromatic nitrogens is 3. The SMILES string of the molecule is CCOC(=O)c1ccc(-c2ccc(Nc3ncc4scc(-c5cccc(NS(C)(=O)=O)c5)c4n3)cn2)cc1. The van der Waals surface area contributed by atoms with E-state index in [2.05, 4.69) is 20.0 Å². The Morgan fingerprint density at radius 1 is 0.974 bits per heavy atom. The minimum atomic E-state index is -3.38. The summed E-state index contributed by atoms with van der Waals surface area (Å²) in [5.74, 6) is 0.0616. The van der Waals surface area contributed by atoms with Gasteiger partial charge in [-0.15, -0.1) is 11.3 Å². The standard InChI is InChI=1S/C27H23N5O4S2/c1-3-36-26(33)18-9-7-17(8-10-18)23-12-11-21(14-28-23)30-27-29-15-24-25(31-27)22(16-37-24)19-5-4-6-20(13-19)32-38(2,34)35/h4-16,32H,3H2,1-2H3,(H,29,30,31). The van der Waals surface area contributed by atoms with Gasteiger partial charge in [0.1, 0.15) is 0 Å². The van der Waals surface area contributed by atoms with E-state index >= 15 is 0 Å². The number of benzene rings is 2. The molecule has 11 heteroatoms.